The minimum atomic E-state index is -1.43. The maximum Gasteiger partial charge on any atom is 0.255 e. The molecule has 101 heavy (non-hydrogen) atoms. The van der Waals surface area contributed by atoms with Crippen LogP contribution in [-0.4, -0.2) is 105 Å². The van der Waals surface area contributed by atoms with E-state index in [-0.39, 0.29) is 72.6 Å². The van der Waals surface area contributed by atoms with Crippen molar-refractivity contribution in [2.75, 3.05) is 26.9 Å². The molecular weight excluding hydrogens is 1270 g/mol. The quantitative estimate of drug-likeness (QED) is 0.0402. The second kappa shape index (κ2) is 37.8. The molecule has 0 spiro atoms. The Bertz CT molecular complexity index is 3990. The number of amides is 2. The van der Waals surface area contributed by atoms with Gasteiger partial charge < -0.3 is 62.3 Å². The number of ether oxygens (including phenoxy) is 11. The van der Waals surface area contributed by atoms with Crippen LogP contribution in [0.15, 0.2) is 297 Å². The summed E-state index contributed by atoms with van der Waals surface area (Å²) in [5.74, 6) is -0.440. The first-order valence-corrected chi connectivity index (χ1v) is 34.6. The summed E-state index contributed by atoms with van der Waals surface area (Å²) in [6, 6.07) is 94.7. The van der Waals surface area contributed by atoms with E-state index in [2.05, 4.69) is 5.32 Å². The molecule has 0 bridgehead atoms. The molecule has 0 radical (unpaired) electrons. The highest BCUT2D eigenvalue weighted by Crippen LogP contribution is 2.37. The molecule has 2 aliphatic heterocycles. The predicted octanol–water partition coefficient (Wildman–Crippen LogP) is 14.4. The molecule has 1 N–H and O–H groups in total. The summed E-state index contributed by atoms with van der Waals surface area (Å²) in [5.41, 5.74) is 8.68. The lowest BCUT2D eigenvalue weighted by molar-refractivity contribution is -0.271. The lowest BCUT2D eigenvalue weighted by Crippen LogP contribution is -2.65. The molecule has 0 saturated carbocycles. The molecule has 1 unspecified atom stereocenters. The fraction of sp³-hybridized carbons (Fsp3) is 0.279. The highest BCUT2D eigenvalue weighted by molar-refractivity contribution is 5.91. The molecular formula is C86H88N2O13. The van der Waals surface area contributed by atoms with Crippen molar-refractivity contribution in [3.8, 4) is 5.75 Å². The molecule has 15 heteroatoms. The van der Waals surface area contributed by atoms with E-state index in [1.165, 1.54) is 0 Å². The summed E-state index contributed by atoms with van der Waals surface area (Å²) < 4.78 is 76.1. The van der Waals surface area contributed by atoms with Crippen LogP contribution in [0.25, 0.3) is 0 Å². The monoisotopic (exact) mass is 1360 g/mol. The first-order chi connectivity index (χ1) is 49.9. The van der Waals surface area contributed by atoms with Gasteiger partial charge in [0, 0.05) is 13.1 Å². The van der Waals surface area contributed by atoms with Gasteiger partial charge in [0.2, 0.25) is 5.91 Å². The van der Waals surface area contributed by atoms with Crippen molar-refractivity contribution in [1.82, 2.24) is 10.2 Å². The number of hydrogen-bond donors (Lipinski definition) is 1. The van der Waals surface area contributed by atoms with E-state index in [4.69, 9.17) is 52.1 Å². The fourth-order valence-electron chi connectivity index (χ4n) is 12.8. The van der Waals surface area contributed by atoms with Crippen molar-refractivity contribution in [2.45, 2.75) is 126 Å². The smallest absolute Gasteiger partial charge is 0.255 e. The lowest BCUT2D eigenvalue weighted by Gasteiger charge is -2.47. The summed E-state index contributed by atoms with van der Waals surface area (Å²) >= 11 is 0. The summed E-state index contributed by atoms with van der Waals surface area (Å²) in [5, 5.41) is 3.36. The first-order valence-electron chi connectivity index (χ1n) is 34.6. The van der Waals surface area contributed by atoms with E-state index in [1.54, 1.807) is 12.0 Å². The number of nitrogens with zero attached hydrogens (tertiary/aromatic N) is 1. The summed E-state index contributed by atoms with van der Waals surface area (Å²) in [4.78, 5) is 35.1. The standard InChI is InChI=1S/C86H88N2O13/c1-91-73-49-47-63(48-50-73)52-88(86(90)84-83(99-60-71-43-25-9-26-44-71)82(98-59-70-41-23-8-24-42-70)80(96-57-68-37-19-6-20-38-68)76(101-84)62-93-54-65-31-13-3-14-32-65)77(72-45-27-10-28-46-72)85(89)87-51-74-78(94-55-66-33-15-4-16-34-66)81(97-58-69-39-21-7-22-40-69)79(95-56-67-35-17-5-18-36-67)75(100-74)61-92-53-64-29-11-2-12-30-64/h2-50,74-84H,51-62H2,1H3,(H,87,89)/t74-,75+,76+,77?,78-,79+,80+,81+,82-,83+,84+/m0/s1. The molecule has 12 rings (SSSR count). The number of benzene rings is 10. The van der Waals surface area contributed by atoms with Crippen molar-refractivity contribution in [3.05, 3.63) is 353 Å². The van der Waals surface area contributed by atoms with Crippen LogP contribution in [0.4, 0.5) is 0 Å². The number of carbonyl (C=O) groups excluding carboxylic acids is 2. The molecule has 11 atom stereocenters. The summed E-state index contributed by atoms with van der Waals surface area (Å²) in [6.45, 7) is 1.53. The zero-order chi connectivity index (χ0) is 69.1. The minimum absolute atomic E-state index is 0.00277. The first kappa shape index (κ1) is 71.4. The van der Waals surface area contributed by atoms with Gasteiger partial charge in [-0.05, 0) is 67.8 Å². The Morgan fingerprint density at radius 2 is 0.653 bits per heavy atom. The van der Waals surface area contributed by atoms with Crippen molar-refractivity contribution in [1.29, 1.82) is 0 Å². The van der Waals surface area contributed by atoms with Crippen molar-refractivity contribution < 1.29 is 61.7 Å². The molecule has 0 aromatic heterocycles. The number of methoxy groups -OCH3 is 1. The maximum atomic E-state index is 17.1. The Kier molecular flexibility index (Phi) is 26.7. The molecule has 0 aliphatic carbocycles. The Hall–Kier alpha value is -9.46. The highest BCUT2D eigenvalue weighted by Gasteiger charge is 2.54. The van der Waals surface area contributed by atoms with Crippen molar-refractivity contribution in [2.24, 2.45) is 0 Å². The third-order valence-corrected chi connectivity index (χ3v) is 18.1. The topological polar surface area (TPSA) is 151 Å². The molecule has 2 amide bonds. The van der Waals surface area contributed by atoms with E-state index >= 15 is 9.59 Å². The molecule has 10 aromatic rings. The molecule has 2 aliphatic rings. The molecule has 2 saturated heterocycles. The lowest BCUT2D eigenvalue weighted by atomic mass is 9.92. The third-order valence-electron chi connectivity index (χ3n) is 18.1. The molecule has 520 valence electrons. The molecule has 10 aromatic carbocycles. The van der Waals surface area contributed by atoms with E-state index in [0.29, 0.717) is 23.5 Å². The second-order valence-electron chi connectivity index (χ2n) is 25.2. The Morgan fingerprint density at radius 1 is 0.347 bits per heavy atom. The van der Waals surface area contributed by atoms with Gasteiger partial charge in [-0.2, -0.15) is 0 Å². The second-order valence-corrected chi connectivity index (χ2v) is 25.2. The number of carbonyl (C=O) groups is 2. The van der Waals surface area contributed by atoms with Gasteiger partial charge >= 0.3 is 0 Å². The zero-order valence-corrected chi connectivity index (χ0v) is 56.9. The van der Waals surface area contributed by atoms with Crippen molar-refractivity contribution >= 4 is 11.8 Å². The van der Waals surface area contributed by atoms with Crippen LogP contribution < -0.4 is 10.1 Å². The van der Waals surface area contributed by atoms with E-state index in [9.17, 15) is 0 Å². The Balaban J connectivity index is 0.934. The van der Waals surface area contributed by atoms with Crippen LogP contribution in [-0.2, 0) is 116 Å². The van der Waals surface area contributed by atoms with E-state index < -0.39 is 78.9 Å². The van der Waals surface area contributed by atoms with Crippen LogP contribution in [0.5, 0.6) is 5.75 Å². The SMILES string of the molecule is COc1ccc(CN(C(=O)[C@@H]2O[C@H](COCc3ccccc3)[C@@H](OCc3ccccc3)[C@H](OCc3ccccc3)[C@H]2OCc2ccccc2)C(C(=O)NC[C@@H]2O[C@H](COCc3ccccc3)[C@@H](OCc3ccccc3)[C@H](OCc3ccccc3)[C@H]2OCc2ccccc2)c2ccccc2)cc1. The van der Waals surface area contributed by atoms with Gasteiger partial charge in [0.25, 0.3) is 5.91 Å². The van der Waals surface area contributed by atoms with Gasteiger partial charge in [0.1, 0.15) is 66.7 Å². The van der Waals surface area contributed by atoms with E-state index in [1.807, 2.05) is 297 Å². The number of hydrogen-bond acceptors (Lipinski definition) is 13. The van der Waals surface area contributed by atoms with Gasteiger partial charge in [0.05, 0.1) is 73.2 Å². The average molecular weight is 1360 g/mol. The van der Waals surface area contributed by atoms with Gasteiger partial charge in [0.15, 0.2) is 6.10 Å². The van der Waals surface area contributed by atoms with Crippen LogP contribution in [0.1, 0.15) is 61.7 Å². The zero-order valence-electron chi connectivity index (χ0n) is 56.9. The predicted molar refractivity (Wildman–Crippen MR) is 385 cm³/mol. The largest absolute Gasteiger partial charge is 0.497 e. The fourth-order valence-corrected chi connectivity index (χ4v) is 12.8. The third kappa shape index (κ3) is 20.6. The number of rotatable bonds is 35. The normalized spacial score (nSPS) is 20.7. The van der Waals surface area contributed by atoms with Crippen LogP contribution in [0.2, 0.25) is 0 Å². The Morgan fingerprint density at radius 3 is 1.02 bits per heavy atom. The highest BCUT2D eigenvalue weighted by atomic mass is 16.6. The van der Waals surface area contributed by atoms with Gasteiger partial charge in [-0.3, -0.25) is 9.59 Å². The van der Waals surface area contributed by atoms with Crippen LogP contribution >= 0.6 is 0 Å². The minimum Gasteiger partial charge on any atom is -0.497 e. The van der Waals surface area contributed by atoms with Gasteiger partial charge in [-0.25, -0.2) is 0 Å². The van der Waals surface area contributed by atoms with Gasteiger partial charge in [-0.15, -0.1) is 0 Å². The molecule has 2 fully saturated rings. The summed E-state index contributed by atoms with van der Waals surface area (Å²) in [6.07, 6.45) is -9.27. The van der Waals surface area contributed by atoms with Crippen molar-refractivity contribution in [3.63, 3.8) is 0 Å². The molecule has 2 heterocycles. The average Bonchev–Trinajstić information content (AvgIpc) is 0.774. The number of nitrogens with one attached hydrogen (secondary N) is 1. The van der Waals surface area contributed by atoms with Crippen LogP contribution in [0.3, 0.4) is 0 Å². The van der Waals surface area contributed by atoms with Crippen LogP contribution in [0, 0.1) is 0 Å². The Labute approximate surface area is 592 Å². The van der Waals surface area contributed by atoms with E-state index in [0.717, 1.165) is 44.5 Å². The summed E-state index contributed by atoms with van der Waals surface area (Å²) in [7, 11) is 1.60. The molecule has 15 nitrogen and oxygen atoms in total. The maximum absolute atomic E-state index is 17.1. The van der Waals surface area contributed by atoms with Gasteiger partial charge in [-0.1, -0.05) is 285 Å².